The fourth-order valence-corrected chi connectivity index (χ4v) is 3.00. The van der Waals surface area contributed by atoms with Gasteiger partial charge in [-0.2, -0.15) is 0 Å². The summed E-state index contributed by atoms with van der Waals surface area (Å²) in [6.07, 6.45) is 3.38. The molecule has 0 radical (unpaired) electrons. The first kappa shape index (κ1) is 17.0. The SMILES string of the molecule is CCCN(CC(=O)NCc1ccc(C)cc1)C1CCNCC1. The topological polar surface area (TPSA) is 44.4 Å². The highest BCUT2D eigenvalue weighted by Crippen LogP contribution is 2.12. The fourth-order valence-electron chi connectivity index (χ4n) is 3.00. The Labute approximate surface area is 134 Å². The number of rotatable bonds is 7. The van der Waals surface area contributed by atoms with Crippen LogP contribution in [0.15, 0.2) is 24.3 Å². The van der Waals surface area contributed by atoms with Gasteiger partial charge in [0.2, 0.25) is 5.91 Å². The normalized spacial score (nSPS) is 16.0. The van der Waals surface area contributed by atoms with Gasteiger partial charge in [0, 0.05) is 12.6 Å². The average Bonchev–Trinajstić information content (AvgIpc) is 2.55. The fraction of sp³-hybridized carbons (Fsp3) is 0.611. The van der Waals surface area contributed by atoms with Crippen LogP contribution in [0, 0.1) is 6.92 Å². The summed E-state index contributed by atoms with van der Waals surface area (Å²) in [6, 6.07) is 8.87. The summed E-state index contributed by atoms with van der Waals surface area (Å²) in [5, 5.41) is 6.44. The Morgan fingerprint density at radius 2 is 1.95 bits per heavy atom. The average molecular weight is 303 g/mol. The summed E-state index contributed by atoms with van der Waals surface area (Å²) in [7, 11) is 0. The maximum Gasteiger partial charge on any atom is 0.234 e. The van der Waals surface area contributed by atoms with Gasteiger partial charge in [-0.25, -0.2) is 0 Å². The first-order valence-corrected chi connectivity index (χ1v) is 8.46. The summed E-state index contributed by atoms with van der Waals surface area (Å²) < 4.78 is 0. The Hall–Kier alpha value is -1.39. The quantitative estimate of drug-likeness (QED) is 0.810. The van der Waals surface area contributed by atoms with Crippen LogP contribution in [-0.2, 0) is 11.3 Å². The van der Waals surface area contributed by atoms with E-state index in [0.29, 0.717) is 19.1 Å². The predicted molar refractivity (Wildman–Crippen MR) is 90.8 cm³/mol. The third-order valence-corrected chi connectivity index (χ3v) is 4.29. The smallest absolute Gasteiger partial charge is 0.234 e. The van der Waals surface area contributed by atoms with Crippen molar-refractivity contribution in [2.45, 2.75) is 45.7 Å². The molecule has 1 aliphatic rings. The largest absolute Gasteiger partial charge is 0.351 e. The van der Waals surface area contributed by atoms with Crippen molar-refractivity contribution in [3.05, 3.63) is 35.4 Å². The van der Waals surface area contributed by atoms with E-state index in [0.717, 1.165) is 44.5 Å². The number of hydrogen-bond acceptors (Lipinski definition) is 3. The van der Waals surface area contributed by atoms with Crippen LogP contribution in [0.3, 0.4) is 0 Å². The number of carbonyl (C=O) groups is 1. The Bertz CT molecular complexity index is 452. The van der Waals surface area contributed by atoms with Crippen LogP contribution in [0.4, 0.5) is 0 Å². The number of aryl methyl sites for hydroxylation is 1. The van der Waals surface area contributed by atoms with Crippen LogP contribution >= 0.6 is 0 Å². The van der Waals surface area contributed by atoms with Crippen LogP contribution in [0.25, 0.3) is 0 Å². The molecule has 22 heavy (non-hydrogen) atoms. The Morgan fingerprint density at radius 3 is 2.59 bits per heavy atom. The van der Waals surface area contributed by atoms with Crippen molar-refractivity contribution >= 4 is 5.91 Å². The first-order valence-electron chi connectivity index (χ1n) is 8.46. The molecule has 1 aromatic rings. The second-order valence-corrected chi connectivity index (χ2v) is 6.21. The van der Waals surface area contributed by atoms with Gasteiger partial charge in [0.05, 0.1) is 6.54 Å². The van der Waals surface area contributed by atoms with E-state index in [-0.39, 0.29) is 5.91 Å². The van der Waals surface area contributed by atoms with E-state index < -0.39 is 0 Å². The zero-order chi connectivity index (χ0) is 15.8. The molecule has 0 bridgehead atoms. The number of benzene rings is 1. The molecule has 4 nitrogen and oxygen atoms in total. The molecule has 122 valence electrons. The summed E-state index contributed by atoms with van der Waals surface area (Å²) in [4.78, 5) is 14.6. The number of nitrogens with zero attached hydrogens (tertiary/aromatic N) is 1. The molecule has 0 unspecified atom stereocenters. The molecule has 1 aliphatic heterocycles. The molecule has 1 amide bonds. The molecular formula is C18H29N3O. The number of carbonyl (C=O) groups excluding carboxylic acids is 1. The van der Waals surface area contributed by atoms with Crippen molar-refractivity contribution in [3.8, 4) is 0 Å². The molecule has 1 saturated heterocycles. The van der Waals surface area contributed by atoms with Gasteiger partial charge in [-0.1, -0.05) is 36.8 Å². The molecule has 1 heterocycles. The van der Waals surface area contributed by atoms with Crippen LogP contribution in [0.5, 0.6) is 0 Å². The Balaban J connectivity index is 1.80. The second kappa shape index (κ2) is 8.91. The van der Waals surface area contributed by atoms with Gasteiger partial charge in [0.1, 0.15) is 0 Å². The van der Waals surface area contributed by atoms with Crippen LogP contribution in [0.1, 0.15) is 37.3 Å². The lowest BCUT2D eigenvalue weighted by Gasteiger charge is -2.34. The number of nitrogens with one attached hydrogen (secondary N) is 2. The Kier molecular flexibility index (Phi) is 6.87. The molecule has 4 heteroatoms. The van der Waals surface area contributed by atoms with Crippen LogP contribution < -0.4 is 10.6 Å². The number of hydrogen-bond donors (Lipinski definition) is 2. The van der Waals surface area contributed by atoms with Crippen molar-refractivity contribution in [1.82, 2.24) is 15.5 Å². The minimum absolute atomic E-state index is 0.132. The molecule has 0 atom stereocenters. The minimum atomic E-state index is 0.132. The van der Waals surface area contributed by atoms with Crippen molar-refractivity contribution in [2.24, 2.45) is 0 Å². The predicted octanol–water partition coefficient (Wildman–Crippen LogP) is 2.08. The molecular weight excluding hydrogens is 274 g/mol. The van der Waals surface area contributed by atoms with E-state index >= 15 is 0 Å². The monoisotopic (exact) mass is 303 g/mol. The molecule has 0 spiro atoms. The molecule has 2 rings (SSSR count). The molecule has 0 saturated carbocycles. The second-order valence-electron chi connectivity index (χ2n) is 6.21. The zero-order valence-electron chi connectivity index (χ0n) is 13.9. The maximum atomic E-state index is 12.2. The van der Waals surface area contributed by atoms with E-state index in [1.807, 2.05) is 0 Å². The van der Waals surface area contributed by atoms with Crippen molar-refractivity contribution in [3.63, 3.8) is 0 Å². The van der Waals surface area contributed by atoms with E-state index in [9.17, 15) is 4.79 Å². The van der Waals surface area contributed by atoms with E-state index in [1.165, 1.54) is 5.56 Å². The van der Waals surface area contributed by atoms with Crippen molar-refractivity contribution in [2.75, 3.05) is 26.2 Å². The molecule has 0 aromatic heterocycles. The highest BCUT2D eigenvalue weighted by Gasteiger charge is 2.22. The van der Waals surface area contributed by atoms with Crippen LogP contribution in [-0.4, -0.2) is 43.0 Å². The highest BCUT2D eigenvalue weighted by atomic mass is 16.2. The third kappa shape index (κ3) is 5.43. The van der Waals surface area contributed by atoms with Crippen molar-refractivity contribution in [1.29, 1.82) is 0 Å². The maximum absolute atomic E-state index is 12.2. The van der Waals surface area contributed by atoms with E-state index in [2.05, 4.69) is 53.6 Å². The van der Waals surface area contributed by atoms with Gasteiger partial charge in [-0.15, -0.1) is 0 Å². The van der Waals surface area contributed by atoms with Gasteiger partial charge >= 0.3 is 0 Å². The lowest BCUT2D eigenvalue weighted by molar-refractivity contribution is -0.123. The first-order chi connectivity index (χ1) is 10.7. The lowest BCUT2D eigenvalue weighted by atomic mass is 10.0. The molecule has 0 aliphatic carbocycles. The zero-order valence-corrected chi connectivity index (χ0v) is 13.9. The van der Waals surface area contributed by atoms with Gasteiger partial charge in [0.15, 0.2) is 0 Å². The molecule has 1 aromatic carbocycles. The van der Waals surface area contributed by atoms with Crippen molar-refractivity contribution < 1.29 is 4.79 Å². The van der Waals surface area contributed by atoms with Gasteiger partial charge in [-0.05, 0) is 51.4 Å². The molecule has 1 fully saturated rings. The summed E-state index contributed by atoms with van der Waals surface area (Å²) >= 11 is 0. The van der Waals surface area contributed by atoms with Gasteiger partial charge in [0.25, 0.3) is 0 Å². The summed E-state index contributed by atoms with van der Waals surface area (Å²) in [5.74, 6) is 0.132. The molecule has 2 N–H and O–H groups in total. The minimum Gasteiger partial charge on any atom is -0.351 e. The number of piperidine rings is 1. The number of amides is 1. The Morgan fingerprint density at radius 1 is 1.27 bits per heavy atom. The third-order valence-electron chi connectivity index (χ3n) is 4.29. The van der Waals surface area contributed by atoms with Gasteiger partial charge < -0.3 is 10.6 Å². The summed E-state index contributed by atoms with van der Waals surface area (Å²) in [6.45, 7) is 8.52. The highest BCUT2D eigenvalue weighted by molar-refractivity contribution is 5.78. The van der Waals surface area contributed by atoms with Gasteiger partial charge in [-0.3, -0.25) is 9.69 Å². The summed E-state index contributed by atoms with van der Waals surface area (Å²) in [5.41, 5.74) is 2.40. The lowest BCUT2D eigenvalue weighted by Crippen LogP contribution is -2.47. The standard InChI is InChI=1S/C18H29N3O/c1-3-12-21(17-8-10-19-11-9-17)14-18(22)20-13-16-6-4-15(2)5-7-16/h4-7,17,19H,3,8-14H2,1-2H3,(H,20,22). The van der Waals surface area contributed by atoms with E-state index in [4.69, 9.17) is 0 Å². The van der Waals surface area contributed by atoms with Crippen LogP contribution in [0.2, 0.25) is 0 Å². The van der Waals surface area contributed by atoms with E-state index in [1.54, 1.807) is 0 Å².